The van der Waals surface area contributed by atoms with E-state index in [1.807, 2.05) is 11.1 Å². The first-order chi connectivity index (χ1) is 18.6. The summed E-state index contributed by atoms with van der Waals surface area (Å²) in [6, 6.07) is 8.73. The largest absolute Gasteiger partial charge is 0.383 e. The molecule has 1 aliphatic heterocycles. The first-order valence-corrected chi connectivity index (χ1v) is 13.1. The molecule has 8 nitrogen and oxygen atoms in total. The zero-order chi connectivity index (χ0) is 27.9. The Morgan fingerprint density at radius 1 is 1.28 bits per heavy atom. The van der Waals surface area contributed by atoms with Gasteiger partial charge in [-0.15, -0.1) is 12.0 Å². The van der Waals surface area contributed by atoms with E-state index in [4.69, 9.17) is 18.0 Å². The normalized spacial score (nSPS) is 16.1. The fraction of sp³-hybridized carbons (Fsp3) is 0.345. The standard InChI is InChI=1S/C29H30ClFN8/c1-6-17-14-33-25-18(13-32)11-19(12-22(25)24(17)34-15-29(3,4)5)36-26(21-9-10-23(31)35-16(21)2)27-28(30)39(38-37-27)20-7-8-20/h1,9-12,14,20,26,36-38H,7-8,15H2,2-5H3,(H,33,34)/t26-/m0/s1. The maximum Gasteiger partial charge on any atom is 0.213 e. The average Bonchev–Trinajstić information content (AvgIpc) is 3.66. The molecule has 200 valence electrons. The van der Waals surface area contributed by atoms with Crippen LogP contribution in [-0.4, -0.2) is 27.6 Å². The molecule has 5 rings (SSSR count). The number of hydrogen-bond acceptors (Lipinski definition) is 8. The lowest BCUT2D eigenvalue weighted by Gasteiger charge is -2.24. The van der Waals surface area contributed by atoms with Gasteiger partial charge in [0.15, 0.2) is 0 Å². The van der Waals surface area contributed by atoms with E-state index in [2.05, 4.69) is 64.3 Å². The van der Waals surface area contributed by atoms with Crippen molar-refractivity contribution in [2.75, 3.05) is 17.2 Å². The second-order valence-corrected chi connectivity index (χ2v) is 11.4. The molecule has 4 N–H and O–H groups in total. The van der Waals surface area contributed by atoms with Crippen LogP contribution in [0.2, 0.25) is 0 Å². The highest BCUT2D eigenvalue weighted by molar-refractivity contribution is 6.29. The van der Waals surface area contributed by atoms with E-state index in [1.165, 1.54) is 6.07 Å². The Morgan fingerprint density at radius 3 is 2.69 bits per heavy atom. The Labute approximate surface area is 232 Å². The van der Waals surface area contributed by atoms with Gasteiger partial charge in [-0.3, -0.25) is 9.99 Å². The minimum atomic E-state index is -0.563. The van der Waals surface area contributed by atoms with Crippen molar-refractivity contribution in [1.29, 1.82) is 5.26 Å². The number of aryl methyl sites for hydroxylation is 1. The summed E-state index contributed by atoms with van der Waals surface area (Å²) in [7, 11) is 0. The Balaban J connectivity index is 1.64. The number of nitriles is 1. The third kappa shape index (κ3) is 5.42. The van der Waals surface area contributed by atoms with Gasteiger partial charge in [-0.1, -0.05) is 44.4 Å². The van der Waals surface area contributed by atoms with Crippen molar-refractivity contribution in [2.24, 2.45) is 5.41 Å². The van der Waals surface area contributed by atoms with E-state index in [0.29, 0.717) is 51.5 Å². The summed E-state index contributed by atoms with van der Waals surface area (Å²) in [5.74, 6) is 2.15. The van der Waals surface area contributed by atoms with Crippen LogP contribution in [0.1, 0.15) is 62.0 Å². The SMILES string of the molecule is C#Cc1cnc2c(C#N)cc(N[C@H](C3=C(Cl)N(C4CC4)NN3)c3ccc(F)nc3C)cc2c1NCC(C)(C)C. The summed E-state index contributed by atoms with van der Waals surface area (Å²) in [4.78, 5) is 8.55. The number of anilines is 2. The Bertz CT molecular complexity index is 1560. The van der Waals surface area contributed by atoms with Gasteiger partial charge < -0.3 is 16.1 Å². The minimum Gasteiger partial charge on any atom is -0.383 e. The number of rotatable bonds is 7. The van der Waals surface area contributed by atoms with Gasteiger partial charge in [0.25, 0.3) is 0 Å². The van der Waals surface area contributed by atoms with Gasteiger partial charge in [-0.05, 0) is 43.4 Å². The molecular weight excluding hydrogens is 515 g/mol. The van der Waals surface area contributed by atoms with Crippen LogP contribution in [0.3, 0.4) is 0 Å². The molecule has 2 aliphatic rings. The summed E-state index contributed by atoms with van der Waals surface area (Å²) < 4.78 is 13.9. The number of nitrogens with zero attached hydrogens (tertiary/aromatic N) is 4. The number of hydrazine groups is 2. The molecule has 1 atom stereocenters. The van der Waals surface area contributed by atoms with Crippen molar-refractivity contribution in [3.05, 3.63) is 69.6 Å². The van der Waals surface area contributed by atoms with Gasteiger partial charge in [0.2, 0.25) is 5.95 Å². The second-order valence-electron chi connectivity index (χ2n) is 11.1. The smallest absolute Gasteiger partial charge is 0.213 e. The van der Waals surface area contributed by atoms with E-state index in [-0.39, 0.29) is 5.41 Å². The van der Waals surface area contributed by atoms with E-state index in [9.17, 15) is 9.65 Å². The highest BCUT2D eigenvalue weighted by atomic mass is 35.5. The number of pyridine rings is 2. The van der Waals surface area contributed by atoms with Crippen LogP contribution in [-0.2, 0) is 0 Å². The number of nitrogens with one attached hydrogen (secondary N) is 4. The maximum absolute atomic E-state index is 13.9. The Kier molecular flexibility index (Phi) is 6.98. The molecule has 3 heterocycles. The monoisotopic (exact) mass is 544 g/mol. The summed E-state index contributed by atoms with van der Waals surface area (Å²) in [5.41, 5.74) is 11.2. The van der Waals surface area contributed by atoms with Crippen molar-refractivity contribution in [3.8, 4) is 18.4 Å². The second kappa shape index (κ2) is 10.3. The topological polar surface area (TPSA) is 101 Å². The zero-order valence-electron chi connectivity index (χ0n) is 22.3. The van der Waals surface area contributed by atoms with Crippen LogP contribution in [0.25, 0.3) is 10.9 Å². The van der Waals surface area contributed by atoms with Crippen LogP contribution in [0, 0.1) is 42.0 Å². The third-order valence-electron chi connectivity index (χ3n) is 6.70. The molecule has 0 unspecified atom stereocenters. The third-order valence-corrected chi connectivity index (χ3v) is 7.09. The van der Waals surface area contributed by atoms with E-state index < -0.39 is 12.0 Å². The van der Waals surface area contributed by atoms with E-state index >= 15 is 0 Å². The molecule has 1 aliphatic carbocycles. The average molecular weight is 545 g/mol. The molecule has 39 heavy (non-hydrogen) atoms. The number of hydrogen-bond donors (Lipinski definition) is 4. The van der Waals surface area contributed by atoms with Gasteiger partial charge in [0, 0.05) is 41.1 Å². The predicted octanol–water partition coefficient (Wildman–Crippen LogP) is 5.44. The minimum absolute atomic E-state index is 0.00855. The van der Waals surface area contributed by atoms with Gasteiger partial charge in [0.05, 0.1) is 34.1 Å². The molecule has 0 amide bonds. The van der Waals surface area contributed by atoms with Crippen molar-refractivity contribution in [2.45, 2.75) is 52.6 Å². The van der Waals surface area contributed by atoms with Crippen LogP contribution in [0.15, 0.2) is 41.3 Å². The van der Waals surface area contributed by atoms with Crippen molar-refractivity contribution < 1.29 is 4.39 Å². The quantitative estimate of drug-likeness (QED) is 0.177. The van der Waals surface area contributed by atoms with Crippen LogP contribution >= 0.6 is 11.6 Å². The fourth-order valence-corrected chi connectivity index (χ4v) is 4.91. The Morgan fingerprint density at radius 2 is 2.05 bits per heavy atom. The van der Waals surface area contributed by atoms with Gasteiger partial charge >= 0.3 is 0 Å². The van der Waals surface area contributed by atoms with Crippen LogP contribution in [0.5, 0.6) is 0 Å². The molecule has 0 radical (unpaired) electrons. The first-order valence-electron chi connectivity index (χ1n) is 12.8. The fourth-order valence-electron chi connectivity index (χ4n) is 4.57. The lowest BCUT2D eigenvalue weighted by molar-refractivity contribution is 0.253. The highest BCUT2D eigenvalue weighted by Gasteiger charge is 2.37. The van der Waals surface area contributed by atoms with Gasteiger partial charge in [0.1, 0.15) is 11.2 Å². The lowest BCUT2D eigenvalue weighted by Crippen LogP contribution is -2.39. The predicted molar refractivity (Wildman–Crippen MR) is 152 cm³/mol. The molecule has 1 fully saturated rings. The molecule has 10 heteroatoms. The van der Waals surface area contributed by atoms with Crippen LogP contribution in [0.4, 0.5) is 15.8 Å². The number of fused-ring (bicyclic) bond motifs is 1. The molecule has 3 aromatic rings. The van der Waals surface area contributed by atoms with Gasteiger partial charge in [-0.2, -0.15) is 9.65 Å². The molecule has 1 aromatic carbocycles. The van der Waals surface area contributed by atoms with Gasteiger partial charge in [-0.25, -0.2) is 4.98 Å². The summed E-state index contributed by atoms with van der Waals surface area (Å²) in [5, 5.41) is 20.2. The van der Waals surface area contributed by atoms with Crippen LogP contribution < -0.4 is 21.6 Å². The number of benzene rings is 1. The molecule has 0 bridgehead atoms. The van der Waals surface area contributed by atoms with Crippen molar-refractivity contribution in [3.63, 3.8) is 0 Å². The van der Waals surface area contributed by atoms with E-state index in [1.54, 1.807) is 25.3 Å². The van der Waals surface area contributed by atoms with Crippen molar-refractivity contribution >= 4 is 33.9 Å². The summed E-state index contributed by atoms with van der Waals surface area (Å²) in [6.45, 7) is 8.80. The zero-order valence-corrected chi connectivity index (χ0v) is 23.0. The number of aromatic nitrogens is 2. The highest BCUT2D eigenvalue weighted by Crippen LogP contribution is 2.39. The Hall–Kier alpha value is -4.05. The van der Waals surface area contributed by atoms with Crippen molar-refractivity contribution in [1.82, 2.24) is 25.9 Å². The van der Waals surface area contributed by atoms with E-state index in [0.717, 1.165) is 29.5 Å². The number of halogens is 2. The maximum atomic E-state index is 13.9. The summed E-state index contributed by atoms with van der Waals surface area (Å²) in [6.07, 6.45) is 9.52. The molecule has 0 saturated heterocycles. The number of terminal acetylenes is 1. The molecule has 2 aromatic heterocycles. The first kappa shape index (κ1) is 26.6. The lowest BCUT2D eigenvalue weighted by atomic mass is 9.96. The summed E-state index contributed by atoms with van der Waals surface area (Å²) >= 11 is 6.83. The molecular formula is C29H30ClFN8. The molecule has 1 saturated carbocycles. The molecule has 0 spiro atoms.